The lowest BCUT2D eigenvalue weighted by atomic mass is 9.91. The Morgan fingerprint density at radius 1 is 0.485 bits per heavy atom. The number of aromatic nitrogens is 1. The van der Waals surface area contributed by atoms with Crippen LogP contribution in [-0.2, 0) is 0 Å². The average Bonchev–Trinajstić information content (AvgIpc) is 3.19. The van der Waals surface area contributed by atoms with Crippen molar-refractivity contribution in [2.75, 3.05) is 11.5 Å². The van der Waals surface area contributed by atoms with Crippen molar-refractivity contribution in [3.63, 3.8) is 0 Å². The van der Waals surface area contributed by atoms with Crippen molar-refractivity contribution in [2.24, 2.45) is 0 Å². The first-order valence-corrected chi connectivity index (χ1v) is 11.1. The maximum atomic E-state index is 6.44. The topological polar surface area (TPSA) is 67.8 Å². The van der Waals surface area contributed by atoms with Gasteiger partial charge in [0, 0.05) is 33.2 Å². The van der Waals surface area contributed by atoms with Crippen LogP contribution in [0.25, 0.3) is 65.3 Å². The molecule has 0 atom stereocenters. The number of nitrogens with one attached hydrogen (secondary N) is 1. The molecule has 6 aromatic carbocycles. The molecule has 3 nitrogen and oxygen atoms in total. The SMILES string of the molecule is Nc1ccc2[nH]c3c(-c4cccc5ccc6cc7ccccc7cc6c45)cc(N)cc3c2c1. The highest BCUT2D eigenvalue weighted by Crippen LogP contribution is 2.41. The molecule has 33 heavy (non-hydrogen) atoms. The van der Waals surface area contributed by atoms with Crippen molar-refractivity contribution in [1.29, 1.82) is 0 Å². The minimum Gasteiger partial charge on any atom is -0.399 e. The number of hydrogen-bond acceptors (Lipinski definition) is 2. The molecular formula is C30H21N3. The monoisotopic (exact) mass is 423 g/mol. The first-order chi connectivity index (χ1) is 16.2. The fourth-order valence-corrected chi connectivity index (χ4v) is 5.28. The zero-order chi connectivity index (χ0) is 22.1. The first-order valence-electron chi connectivity index (χ1n) is 11.1. The summed E-state index contributed by atoms with van der Waals surface area (Å²) in [6.45, 7) is 0. The number of anilines is 2. The van der Waals surface area contributed by atoms with Gasteiger partial charge in [-0.2, -0.15) is 0 Å². The average molecular weight is 424 g/mol. The predicted molar refractivity (Wildman–Crippen MR) is 143 cm³/mol. The van der Waals surface area contributed by atoms with Gasteiger partial charge < -0.3 is 16.5 Å². The third-order valence-electron chi connectivity index (χ3n) is 6.77. The van der Waals surface area contributed by atoms with Crippen LogP contribution in [0.1, 0.15) is 0 Å². The number of hydrogen-bond donors (Lipinski definition) is 3. The van der Waals surface area contributed by atoms with Gasteiger partial charge in [0.25, 0.3) is 0 Å². The van der Waals surface area contributed by atoms with Crippen molar-refractivity contribution >= 4 is 65.5 Å². The van der Waals surface area contributed by atoms with E-state index in [0.717, 1.165) is 38.7 Å². The highest BCUT2D eigenvalue weighted by atomic mass is 14.7. The molecule has 0 aliphatic carbocycles. The molecular weight excluding hydrogens is 402 g/mol. The van der Waals surface area contributed by atoms with Crippen LogP contribution in [0.3, 0.4) is 0 Å². The molecule has 1 heterocycles. The summed E-state index contributed by atoms with van der Waals surface area (Å²) in [6.07, 6.45) is 0. The molecule has 0 aliphatic rings. The van der Waals surface area contributed by atoms with Crippen molar-refractivity contribution in [3.05, 3.63) is 97.1 Å². The minimum atomic E-state index is 0.739. The van der Waals surface area contributed by atoms with Crippen LogP contribution in [0.15, 0.2) is 97.1 Å². The zero-order valence-electron chi connectivity index (χ0n) is 17.9. The standard InChI is InChI=1S/C30H21N3/c31-21-10-11-28-25(14-21)27-16-22(32)15-26(30(27)33-28)23-7-3-6-17-8-9-20-12-18-4-1-2-5-19(18)13-24(20)29(17)23/h1-16,33H,31-32H2. The number of H-pyrrole nitrogens is 1. The Labute approximate surface area is 190 Å². The fourth-order valence-electron chi connectivity index (χ4n) is 5.28. The molecule has 0 saturated carbocycles. The Balaban J connectivity index is 1.65. The van der Waals surface area contributed by atoms with Crippen LogP contribution >= 0.6 is 0 Å². The van der Waals surface area contributed by atoms with Gasteiger partial charge in [0.15, 0.2) is 0 Å². The van der Waals surface area contributed by atoms with Crippen LogP contribution in [0.5, 0.6) is 0 Å². The largest absolute Gasteiger partial charge is 0.399 e. The number of fused-ring (bicyclic) bond motifs is 7. The second-order valence-electron chi connectivity index (χ2n) is 8.81. The van der Waals surface area contributed by atoms with Crippen molar-refractivity contribution in [3.8, 4) is 11.1 Å². The van der Waals surface area contributed by atoms with Crippen molar-refractivity contribution in [1.82, 2.24) is 4.98 Å². The normalized spacial score (nSPS) is 11.9. The van der Waals surface area contributed by atoms with Gasteiger partial charge in [-0.1, -0.05) is 54.6 Å². The maximum Gasteiger partial charge on any atom is 0.0546 e. The number of nitrogens with two attached hydrogens (primary N) is 2. The second-order valence-corrected chi connectivity index (χ2v) is 8.81. The molecule has 5 N–H and O–H groups in total. The zero-order valence-corrected chi connectivity index (χ0v) is 17.9. The smallest absolute Gasteiger partial charge is 0.0546 e. The number of rotatable bonds is 1. The van der Waals surface area contributed by atoms with Crippen LogP contribution < -0.4 is 11.5 Å². The van der Waals surface area contributed by atoms with Gasteiger partial charge in [-0.05, 0) is 80.3 Å². The van der Waals surface area contributed by atoms with E-state index < -0.39 is 0 Å². The molecule has 0 bridgehead atoms. The van der Waals surface area contributed by atoms with E-state index in [1.54, 1.807) is 0 Å². The molecule has 0 amide bonds. The molecule has 0 unspecified atom stereocenters. The lowest BCUT2D eigenvalue weighted by Gasteiger charge is -2.13. The van der Waals surface area contributed by atoms with Gasteiger partial charge in [0.05, 0.1) is 5.52 Å². The molecule has 0 spiro atoms. The third kappa shape index (κ3) is 2.63. The molecule has 1 aromatic heterocycles. The summed E-state index contributed by atoms with van der Waals surface area (Å²) >= 11 is 0. The van der Waals surface area contributed by atoms with E-state index in [2.05, 4.69) is 77.8 Å². The summed E-state index contributed by atoms with van der Waals surface area (Å²) in [7, 11) is 0. The highest BCUT2D eigenvalue weighted by molar-refractivity contribution is 6.21. The predicted octanol–water partition coefficient (Wildman–Crippen LogP) is 7.61. The molecule has 0 aliphatic heterocycles. The minimum absolute atomic E-state index is 0.739. The van der Waals surface area contributed by atoms with Crippen LogP contribution in [0, 0.1) is 0 Å². The summed E-state index contributed by atoms with van der Waals surface area (Å²) in [5, 5.41) is 9.62. The Hall–Kier alpha value is -4.50. The summed E-state index contributed by atoms with van der Waals surface area (Å²) in [5.74, 6) is 0. The van der Waals surface area contributed by atoms with E-state index in [4.69, 9.17) is 11.5 Å². The molecule has 0 radical (unpaired) electrons. The van der Waals surface area contributed by atoms with E-state index in [9.17, 15) is 0 Å². The van der Waals surface area contributed by atoms with Crippen molar-refractivity contribution < 1.29 is 0 Å². The van der Waals surface area contributed by atoms with E-state index in [-0.39, 0.29) is 0 Å². The quantitative estimate of drug-likeness (QED) is 0.144. The Bertz CT molecular complexity index is 1890. The molecule has 0 saturated heterocycles. The Morgan fingerprint density at radius 3 is 2.12 bits per heavy atom. The Kier molecular flexibility index (Phi) is 3.57. The Morgan fingerprint density at radius 2 is 1.24 bits per heavy atom. The summed E-state index contributed by atoms with van der Waals surface area (Å²) in [6, 6.07) is 34.2. The lowest BCUT2D eigenvalue weighted by Crippen LogP contribution is -1.90. The number of aromatic amines is 1. The highest BCUT2D eigenvalue weighted by Gasteiger charge is 2.15. The van der Waals surface area contributed by atoms with Crippen LogP contribution in [-0.4, -0.2) is 4.98 Å². The molecule has 0 fully saturated rings. The third-order valence-corrected chi connectivity index (χ3v) is 6.77. The summed E-state index contributed by atoms with van der Waals surface area (Å²) in [4.78, 5) is 3.63. The van der Waals surface area contributed by atoms with Crippen LogP contribution in [0.2, 0.25) is 0 Å². The van der Waals surface area contributed by atoms with Gasteiger partial charge in [-0.25, -0.2) is 0 Å². The van der Waals surface area contributed by atoms with E-state index >= 15 is 0 Å². The van der Waals surface area contributed by atoms with Gasteiger partial charge in [0.2, 0.25) is 0 Å². The van der Waals surface area contributed by atoms with Crippen molar-refractivity contribution in [2.45, 2.75) is 0 Å². The fraction of sp³-hybridized carbons (Fsp3) is 0. The number of benzene rings is 6. The molecule has 156 valence electrons. The molecule has 7 aromatic rings. The van der Waals surface area contributed by atoms with E-state index in [1.807, 2.05) is 24.3 Å². The molecule has 3 heteroatoms. The van der Waals surface area contributed by atoms with Gasteiger partial charge >= 0.3 is 0 Å². The first kappa shape index (κ1) is 18.1. The maximum absolute atomic E-state index is 6.44. The molecule has 7 rings (SSSR count). The van der Waals surface area contributed by atoms with Gasteiger partial charge in [0.1, 0.15) is 0 Å². The van der Waals surface area contributed by atoms with Gasteiger partial charge in [-0.3, -0.25) is 0 Å². The number of nitrogen functional groups attached to an aromatic ring is 2. The van der Waals surface area contributed by atoms with E-state index in [0.29, 0.717) is 0 Å². The van der Waals surface area contributed by atoms with E-state index in [1.165, 1.54) is 37.9 Å². The summed E-state index contributed by atoms with van der Waals surface area (Å²) < 4.78 is 0. The lowest BCUT2D eigenvalue weighted by molar-refractivity contribution is 1.54. The van der Waals surface area contributed by atoms with Crippen LogP contribution in [0.4, 0.5) is 11.4 Å². The summed E-state index contributed by atoms with van der Waals surface area (Å²) in [5.41, 5.74) is 18.4. The van der Waals surface area contributed by atoms with Gasteiger partial charge in [-0.15, -0.1) is 0 Å². The second kappa shape index (κ2) is 6.50.